The summed E-state index contributed by atoms with van der Waals surface area (Å²) >= 11 is 0. The van der Waals surface area contributed by atoms with Gasteiger partial charge in [-0.05, 0) is 74.5 Å². The molecule has 2 aromatic carbocycles. The van der Waals surface area contributed by atoms with E-state index in [0.717, 1.165) is 75.6 Å². The minimum atomic E-state index is -0.255. The van der Waals surface area contributed by atoms with Crippen LogP contribution in [0.1, 0.15) is 30.7 Å². The van der Waals surface area contributed by atoms with Crippen LogP contribution in [0.15, 0.2) is 42.5 Å². The molecule has 7 heteroatoms. The predicted octanol–water partition coefficient (Wildman–Crippen LogP) is 3.83. The number of piperidine rings is 1. The molecule has 3 aliphatic rings. The van der Waals surface area contributed by atoms with Crippen LogP contribution in [0, 0.1) is 11.6 Å². The highest BCUT2D eigenvalue weighted by Crippen LogP contribution is 2.48. The van der Waals surface area contributed by atoms with E-state index in [0.29, 0.717) is 6.42 Å². The molecule has 5 nitrogen and oxygen atoms in total. The molecule has 0 aromatic heterocycles. The standard InChI is InChI=1S/C26H32F2N4O/c1-29-13-15-31(16-14-29)26(33)3-2-11-30-12-10-25-23(18-30)22-17-20(28)6-9-24(22)32(25)21-7-4-19(27)5-8-21/h4-9,17,23,25H,2-3,10-16,18H2,1H3. The maximum Gasteiger partial charge on any atom is 0.222 e. The predicted molar refractivity (Wildman–Crippen MR) is 126 cm³/mol. The summed E-state index contributed by atoms with van der Waals surface area (Å²) in [4.78, 5) is 21.5. The smallest absolute Gasteiger partial charge is 0.222 e. The highest BCUT2D eigenvalue weighted by molar-refractivity contribution is 5.76. The van der Waals surface area contributed by atoms with E-state index < -0.39 is 0 Å². The Morgan fingerprint density at radius 3 is 2.45 bits per heavy atom. The second-order valence-electron chi connectivity index (χ2n) is 9.60. The first-order chi connectivity index (χ1) is 16.0. The molecule has 2 fully saturated rings. The van der Waals surface area contributed by atoms with Crippen molar-refractivity contribution in [1.82, 2.24) is 14.7 Å². The highest BCUT2D eigenvalue weighted by Gasteiger charge is 2.42. The fourth-order valence-corrected chi connectivity index (χ4v) is 5.65. The van der Waals surface area contributed by atoms with Crippen molar-refractivity contribution in [2.75, 3.05) is 57.8 Å². The van der Waals surface area contributed by atoms with E-state index in [1.54, 1.807) is 18.2 Å². The van der Waals surface area contributed by atoms with Gasteiger partial charge < -0.3 is 19.6 Å². The molecule has 5 rings (SSSR count). The van der Waals surface area contributed by atoms with Crippen LogP contribution in [-0.4, -0.2) is 79.5 Å². The third-order valence-electron chi connectivity index (χ3n) is 7.47. The highest BCUT2D eigenvalue weighted by atomic mass is 19.1. The largest absolute Gasteiger partial charge is 0.340 e. The molecule has 3 heterocycles. The number of halogens is 2. The Kier molecular flexibility index (Phi) is 6.34. The Hall–Kier alpha value is -2.51. The number of amides is 1. The van der Waals surface area contributed by atoms with Crippen LogP contribution in [0.3, 0.4) is 0 Å². The van der Waals surface area contributed by atoms with Gasteiger partial charge in [0.25, 0.3) is 0 Å². The Labute approximate surface area is 194 Å². The summed E-state index contributed by atoms with van der Waals surface area (Å²) in [5.74, 6) is -0.0188. The number of carbonyl (C=O) groups excluding carboxylic acids is 1. The van der Waals surface area contributed by atoms with E-state index in [-0.39, 0.29) is 29.5 Å². The number of carbonyl (C=O) groups is 1. The number of likely N-dealkylation sites (N-methyl/N-ethyl adjacent to an activating group) is 1. The number of rotatable bonds is 5. The molecule has 2 atom stereocenters. The lowest BCUT2D eigenvalue weighted by atomic mass is 9.89. The van der Waals surface area contributed by atoms with E-state index >= 15 is 0 Å². The van der Waals surface area contributed by atoms with Gasteiger partial charge in [0.15, 0.2) is 0 Å². The SMILES string of the molecule is CN1CCN(C(=O)CCCN2CCC3C(C2)c2cc(F)ccc2N3c2ccc(F)cc2)CC1. The van der Waals surface area contributed by atoms with E-state index in [4.69, 9.17) is 0 Å². The number of hydrogen-bond donors (Lipinski definition) is 0. The van der Waals surface area contributed by atoms with E-state index in [2.05, 4.69) is 21.7 Å². The summed E-state index contributed by atoms with van der Waals surface area (Å²) in [5.41, 5.74) is 3.00. The molecule has 0 radical (unpaired) electrons. The summed E-state index contributed by atoms with van der Waals surface area (Å²) in [6, 6.07) is 11.8. The molecule has 0 aliphatic carbocycles. The Morgan fingerprint density at radius 2 is 1.70 bits per heavy atom. The third kappa shape index (κ3) is 4.62. The minimum absolute atomic E-state index is 0.197. The number of benzene rings is 2. The number of hydrogen-bond acceptors (Lipinski definition) is 4. The minimum Gasteiger partial charge on any atom is -0.340 e. The molecular weight excluding hydrogens is 422 g/mol. The number of anilines is 2. The summed E-state index contributed by atoms with van der Waals surface area (Å²) in [6.07, 6.45) is 2.38. The first-order valence-electron chi connectivity index (χ1n) is 12.0. The van der Waals surface area contributed by atoms with Crippen LogP contribution in [0.4, 0.5) is 20.2 Å². The molecule has 33 heavy (non-hydrogen) atoms. The van der Waals surface area contributed by atoms with Crippen LogP contribution in [0.2, 0.25) is 0 Å². The number of piperazine rings is 1. The van der Waals surface area contributed by atoms with Crippen molar-refractivity contribution in [3.05, 3.63) is 59.7 Å². The van der Waals surface area contributed by atoms with Crippen molar-refractivity contribution in [3.8, 4) is 0 Å². The zero-order valence-corrected chi connectivity index (χ0v) is 19.2. The van der Waals surface area contributed by atoms with Gasteiger partial charge in [-0.15, -0.1) is 0 Å². The molecule has 2 saturated heterocycles. The summed E-state index contributed by atoms with van der Waals surface area (Å²) < 4.78 is 27.7. The zero-order chi connectivity index (χ0) is 22.9. The van der Waals surface area contributed by atoms with Gasteiger partial charge >= 0.3 is 0 Å². The summed E-state index contributed by atoms with van der Waals surface area (Å²) in [7, 11) is 2.09. The lowest BCUT2D eigenvalue weighted by Gasteiger charge is -2.39. The lowest BCUT2D eigenvalue weighted by molar-refractivity contribution is -0.132. The lowest BCUT2D eigenvalue weighted by Crippen LogP contribution is -2.47. The molecule has 3 aliphatic heterocycles. The number of fused-ring (bicyclic) bond motifs is 3. The van der Waals surface area contributed by atoms with Crippen LogP contribution < -0.4 is 4.90 Å². The van der Waals surface area contributed by atoms with Gasteiger partial charge in [-0.3, -0.25) is 4.79 Å². The molecular formula is C26H32F2N4O. The van der Waals surface area contributed by atoms with Crippen molar-refractivity contribution in [1.29, 1.82) is 0 Å². The number of likely N-dealkylation sites (tertiary alicyclic amines) is 1. The second-order valence-corrected chi connectivity index (χ2v) is 9.60. The molecule has 1 amide bonds. The first kappa shape index (κ1) is 22.3. The monoisotopic (exact) mass is 454 g/mol. The van der Waals surface area contributed by atoms with Gasteiger partial charge in [-0.2, -0.15) is 0 Å². The molecule has 0 bridgehead atoms. The quantitative estimate of drug-likeness (QED) is 0.687. The molecule has 0 N–H and O–H groups in total. The summed E-state index contributed by atoms with van der Waals surface area (Å²) in [5, 5.41) is 0. The average Bonchev–Trinajstić information content (AvgIpc) is 3.13. The van der Waals surface area contributed by atoms with Gasteiger partial charge in [0.2, 0.25) is 5.91 Å². The van der Waals surface area contributed by atoms with Gasteiger partial charge in [-0.1, -0.05) is 0 Å². The first-order valence-corrected chi connectivity index (χ1v) is 12.0. The van der Waals surface area contributed by atoms with E-state index in [1.165, 1.54) is 18.2 Å². The van der Waals surface area contributed by atoms with Gasteiger partial charge in [-0.25, -0.2) is 8.78 Å². The van der Waals surface area contributed by atoms with Crippen molar-refractivity contribution < 1.29 is 13.6 Å². The van der Waals surface area contributed by atoms with Crippen LogP contribution in [0.5, 0.6) is 0 Å². The maximum absolute atomic E-state index is 14.2. The average molecular weight is 455 g/mol. The normalized spacial score (nSPS) is 23.5. The second kappa shape index (κ2) is 9.39. The van der Waals surface area contributed by atoms with Crippen molar-refractivity contribution in [2.24, 2.45) is 0 Å². The molecule has 0 spiro atoms. The van der Waals surface area contributed by atoms with E-state index in [9.17, 15) is 13.6 Å². The third-order valence-corrected chi connectivity index (χ3v) is 7.47. The molecule has 176 valence electrons. The maximum atomic E-state index is 14.2. The van der Waals surface area contributed by atoms with Crippen LogP contribution >= 0.6 is 0 Å². The summed E-state index contributed by atoms with van der Waals surface area (Å²) in [6.45, 7) is 6.21. The van der Waals surface area contributed by atoms with Crippen LogP contribution in [-0.2, 0) is 4.79 Å². The Morgan fingerprint density at radius 1 is 0.970 bits per heavy atom. The molecule has 2 unspecified atom stereocenters. The van der Waals surface area contributed by atoms with Crippen molar-refractivity contribution in [3.63, 3.8) is 0 Å². The molecule has 2 aromatic rings. The van der Waals surface area contributed by atoms with Crippen LogP contribution in [0.25, 0.3) is 0 Å². The van der Waals surface area contributed by atoms with Gasteiger partial charge in [0.1, 0.15) is 11.6 Å². The van der Waals surface area contributed by atoms with Crippen molar-refractivity contribution >= 4 is 17.3 Å². The van der Waals surface area contributed by atoms with Gasteiger partial charge in [0.05, 0.1) is 0 Å². The fraction of sp³-hybridized carbons (Fsp3) is 0.500. The van der Waals surface area contributed by atoms with E-state index in [1.807, 2.05) is 11.0 Å². The topological polar surface area (TPSA) is 30.0 Å². The zero-order valence-electron chi connectivity index (χ0n) is 19.2. The van der Waals surface area contributed by atoms with Gasteiger partial charge in [0, 0.05) is 69.0 Å². The molecule has 0 saturated carbocycles. The van der Waals surface area contributed by atoms with Crippen molar-refractivity contribution in [2.45, 2.75) is 31.2 Å². The fourth-order valence-electron chi connectivity index (χ4n) is 5.65. The number of nitrogens with zero attached hydrogens (tertiary/aromatic N) is 4. The Bertz CT molecular complexity index is 990. The Balaban J connectivity index is 1.24.